The third-order valence-electron chi connectivity index (χ3n) is 9.45. The number of fused-ring (bicyclic) bond motifs is 3. The summed E-state index contributed by atoms with van der Waals surface area (Å²) in [6.07, 6.45) is 0.240. The van der Waals surface area contributed by atoms with Crippen LogP contribution in [0.4, 0.5) is 0 Å². The molecule has 242 valence electrons. The first-order chi connectivity index (χ1) is 21.7. The molecule has 7 atom stereocenters. The first-order valence-electron chi connectivity index (χ1n) is 15.4. The maximum Gasteiger partial charge on any atom is 0.202 e. The van der Waals surface area contributed by atoms with Gasteiger partial charge in [-0.2, -0.15) is 0 Å². The van der Waals surface area contributed by atoms with Crippen molar-refractivity contribution in [2.24, 2.45) is 5.92 Å². The van der Waals surface area contributed by atoms with E-state index in [1.54, 1.807) is 12.1 Å². The molecule has 2 saturated heterocycles. The van der Waals surface area contributed by atoms with Crippen molar-refractivity contribution in [3.63, 3.8) is 0 Å². The van der Waals surface area contributed by atoms with E-state index in [-0.39, 0.29) is 70.4 Å². The number of ether oxygens (including phenoxy) is 5. The van der Waals surface area contributed by atoms with Gasteiger partial charge in [0, 0.05) is 41.7 Å². The summed E-state index contributed by atoms with van der Waals surface area (Å²) >= 11 is 0. The van der Waals surface area contributed by atoms with Crippen molar-refractivity contribution in [3.05, 3.63) is 51.6 Å². The van der Waals surface area contributed by atoms with Crippen LogP contribution in [-0.2, 0) is 30.2 Å². The highest BCUT2D eigenvalue weighted by Gasteiger charge is 2.46. The smallest absolute Gasteiger partial charge is 0.202 e. The number of phenols is 2. The lowest BCUT2D eigenvalue weighted by molar-refractivity contribution is -0.281. The number of nitrogens with one attached hydrogen (secondary N) is 1. The van der Waals surface area contributed by atoms with Crippen molar-refractivity contribution >= 4 is 17.3 Å². The molecule has 0 spiro atoms. The Morgan fingerprint density at radius 3 is 2.49 bits per heavy atom. The van der Waals surface area contributed by atoms with Gasteiger partial charge in [-0.05, 0) is 52.1 Å². The van der Waals surface area contributed by atoms with Crippen LogP contribution in [0.2, 0.25) is 0 Å². The standard InChI is InChI=1S/C33H39NO11/c1-15-33(45-23-9-4-5-10-42-23)19(34-2)13-24(43-15)44-22-12-16(20(36)14-35)11-18-26(22)32(40)28-27(30(18)38)29(37)17-7-6-8-21(41-3)25(17)31(28)39/h6-8,15-16,19,22-24,33-35,38,40H,4-5,9-14H2,1-3H3/t15-,16+,19-,22?,23+,24-,33+/m0/s1. The van der Waals surface area contributed by atoms with E-state index in [4.69, 9.17) is 23.7 Å². The van der Waals surface area contributed by atoms with Gasteiger partial charge in [0.15, 0.2) is 24.1 Å². The Morgan fingerprint density at radius 1 is 1.02 bits per heavy atom. The fourth-order valence-corrected chi connectivity index (χ4v) is 7.17. The van der Waals surface area contributed by atoms with Crippen LogP contribution in [0.25, 0.3) is 0 Å². The summed E-state index contributed by atoms with van der Waals surface area (Å²) in [6, 6.07) is 4.37. The van der Waals surface area contributed by atoms with Gasteiger partial charge in [0.25, 0.3) is 0 Å². The van der Waals surface area contributed by atoms with Crippen LogP contribution < -0.4 is 10.1 Å². The molecule has 2 aromatic carbocycles. The van der Waals surface area contributed by atoms with Crippen LogP contribution in [0.3, 0.4) is 0 Å². The predicted molar refractivity (Wildman–Crippen MR) is 158 cm³/mol. The zero-order chi connectivity index (χ0) is 32.0. The Kier molecular flexibility index (Phi) is 8.97. The summed E-state index contributed by atoms with van der Waals surface area (Å²) in [5.74, 6) is -3.43. The minimum Gasteiger partial charge on any atom is -0.507 e. The second-order valence-electron chi connectivity index (χ2n) is 12.1. The number of aliphatic hydroxyl groups excluding tert-OH is 1. The lowest BCUT2D eigenvalue weighted by Gasteiger charge is -2.43. The molecule has 0 saturated carbocycles. The van der Waals surface area contributed by atoms with E-state index < -0.39 is 59.9 Å². The van der Waals surface area contributed by atoms with Crippen LogP contribution >= 0.6 is 0 Å². The molecule has 2 heterocycles. The van der Waals surface area contributed by atoms with Crippen LogP contribution in [-0.4, -0.2) is 90.9 Å². The first kappa shape index (κ1) is 31.6. The lowest BCUT2D eigenvalue weighted by atomic mass is 9.73. The summed E-state index contributed by atoms with van der Waals surface area (Å²) in [5.41, 5.74) is -0.434. The Balaban J connectivity index is 1.36. The molecule has 12 heteroatoms. The number of carbonyl (C=O) groups is 3. The number of hydrogen-bond donors (Lipinski definition) is 4. The van der Waals surface area contributed by atoms with Crippen molar-refractivity contribution in [3.8, 4) is 17.2 Å². The normalized spacial score (nSPS) is 29.5. The molecule has 2 aromatic rings. The van der Waals surface area contributed by atoms with Gasteiger partial charge in [0.2, 0.25) is 5.78 Å². The van der Waals surface area contributed by atoms with Gasteiger partial charge >= 0.3 is 0 Å². The lowest BCUT2D eigenvalue weighted by Crippen LogP contribution is -2.55. The van der Waals surface area contributed by atoms with Crippen molar-refractivity contribution < 1.29 is 53.4 Å². The SMILES string of the molecule is CN[C@H]1C[C@H](OC2C[C@H](C(=O)CO)Cc3c(O)c4c(c(O)c32)C(=O)c2c(OC)cccc2C4=O)O[C@@H](C)[C@H]1O[C@@H]1CCCCO1. The number of Topliss-reactive ketones (excluding diaryl/α,β-unsaturated/α-hetero) is 1. The van der Waals surface area contributed by atoms with Crippen molar-refractivity contribution in [2.45, 2.75) is 82.4 Å². The molecule has 0 amide bonds. The van der Waals surface area contributed by atoms with Gasteiger partial charge in [0.05, 0.1) is 36.0 Å². The number of methoxy groups -OCH3 is 1. The van der Waals surface area contributed by atoms with Gasteiger partial charge < -0.3 is 44.3 Å². The Hall–Kier alpha value is -3.39. The van der Waals surface area contributed by atoms with E-state index in [0.717, 1.165) is 19.3 Å². The van der Waals surface area contributed by atoms with Crippen LogP contribution in [0.1, 0.15) is 88.1 Å². The molecule has 4 aliphatic rings. The zero-order valence-corrected chi connectivity index (χ0v) is 25.5. The van der Waals surface area contributed by atoms with Crippen LogP contribution in [0, 0.1) is 5.92 Å². The number of aromatic hydroxyl groups is 2. The quantitative estimate of drug-likeness (QED) is 0.270. The summed E-state index contributed by atoms with van der Waals surface area (Å²) < 4.78 is 30.1. The van der Waals surface area contributed by atoms with Crippen LogP contribution in [0.5, 0.6) is 17.2 Å². The average Bonchev–Trinajstić information content (AvgIpc) is 3.05. The van der Waals surface area contributed by atoms with Gasteiger partial charge in [-0.25, -0.2) is 0 Å². The highest BCUT2D eigenvalue weighted by atomic mass is 16.7. The van der Waals surface area contributed by atoms with E-state index in [0.29, 0.717) is 13.0 Å². The molecular weight excluding hydrogens is 586 g/mol. The van der Waals surface area contributed by atoms with E-state index in [9.17, 15) is 29.7 Å². The minimum atomic E-state index is -1.01. The van der Waals surface area contributed by atoms with Gasteiger partial charge in [-0.3, -0.25) is 14.4 Å². The molecule has 0 aromatic heterocycles. The van der Waals surface area contributed by atoms with Crippen molar-refractivity contribution in [1.29, 1.82) is 0 Å². The molecule has 45 heavy (non-hydrogen) atoms. The first-order valence-corrected chi connectivity index (χ1v) is 15.4. The fraction of sp³-hybridized carbons (Fsp3) is 0.545. The minimum absolute atomic E-state index is 0.0111. The number of likely N-dealkylation sites (N-methyl/N-ethyl adjacent to an activating group) is 1. The summed E-state index contributed by atoms with van der Waals surface area (Å²) in [7, 11) is 3.19. The Morgan fingerprint density at radius 2 is 1.80 bits per heavy atom. The third-order valence-corrected chi connectivity index (χ3v) is 9.45. The van der Waals surface area contributed by atoms with Crippen molar-refractivity contribution in [1.82, 2.24) is 5.32 Å². The molecule has 2 fully saturated rings. The maximum atomic E-state index is 13.8. The van der Waals surface area contributed by atoms with Crippen molar-refractivity contribution in [2.75, 3.05) is 27.4 Å². The average molecular weight is 626 g/mol. The number of rotatable bonds is 8. The topological polar surface area (TPSA) is 170 Å². The monoisotopic (exact) mass is 625 g/mol. The van der Waals surface area contributed by atoms with E-state index in [2.05, 4.69) is 5.32 Å². The Labute approximate surface area is 260 Å². The predicted octanol–water partition coefficient (Wildman–Crippen LogP) is 2.70. The van der Waals surface area contributed by atoms with E-state index in [1.165, 1.54) is 13.2 Å². The molecule has 6 rings (SSSR count). The van der Waals surface area contributed by atoms with E-state index in [1.807, 2.05) is 14.0 Å². The highest BCUT2D eigenvalue weighted by molar-refractivity contribution is 6.31. The Bertz CT molecular complexity index is 1500. The number of carbonyl (C=O) groups excluding carboxylic acids is 3. The summed E-state index contributed by atoms with van der Waals surface area (Å²) in [5, 5.41) is 36.2. The molecule has 2 aliphatic heterocycles. The number of benzene rings is 2. The van der Waals surface area contributed by atoms with Gasteiger partial charge in [-0.15, -0.1) is 0 Å². The highest BCUT2D eigenvalue weighted by Crippen LogP contribution is 2.51. The second kappa shape index (κ2) is 12.8. The molecule has 0 radical (unpaired) electrons. The fourth-order valence-electron chi connectivity index (χ4n) is 7.17. The molecule has 2 aliphatic carbocycles. The van der Waals surface area contributed by atoms with Gasteiger partial charge in [0.1, 0.15) is 30.0 Å². The molecular formula is C33H39NO11. The maximum absolute atomic E-state index is 13.8. The molecule has 4 N–H and O–H groups in total. The molecule has 12 nitrogen and oxygen atoms in total. The number of phenolic OH excluding ortho intramolecular Hbond substituents is 2. The molecule has 0 bridgehead atoms. The van der Waals surface area contributed by atoms with E-state index >= 15 is 0 Å². The number of hydrogen-bond acceptors (Lipinski definition) is 12. The number of ketones is 3. The zero-order valence-electron chi connectivity index (χ0n) is 25.5. The summed E-state index contributed by atoms with van der Waals surface area (Å²) in [6.45, 7) is 1.79. The third kappa shape index (κ3) is 5.53. The van der Waals surface area contributed by atoms with Gasteiger partial charge in [-0.1, -0.05) is 12.1 Å². The second-order valence-corrected chi connectivity index (χ2v) is 12.1. The molecule has 1 unspecified atom stereocenters. The van der Waals surface area contributed by atoms with Crippen LogP contribution in [0.15, 0.2) is 18.2 Å². The largest absolute Gasteiger partial charge is 0.507 e. The number of aliphatic hydroxyl groups is 1. The summed E-state index contributed by atoms with van der Waals surface area (Å²) in [4.78, 5) is 40.3.